The third-order valence-corrected chi connectivity index (χ3v) is 3.74. The molecule has 0 unspecified atom stereocenters. The van der Waals surface area contributed by atoms with Gasteiger partial charge in [0.25, 0.3) is 0 Å². The Balaban J connectivity index is 1.72. The molecule has 22 heavy (non-hydrogen) atoms. The highest BCUT2D eigenvalue weighted by molar-refractivity contribution is 5.94. The summed E-state index contributed by atoms with van der Waals surface area (Å²) in [6.07, 6.45) is 1.96. The lowest BCUT2D eigenvalue weighted by Gasteiger charge is -2.30. The van der Waals surface area contributed by atoms with Crippen molar-refractivity contribution in [2.75, 3.05) is 23.3 Å². The van der Waals surface area contributed by atoms with Gasteiger partial charge in [0.05, 0.1) is 12.2 Å². The molecule has 3 nitrogen and oxygen atoms in total. The molecule has 2 aromatic carbocycles. The summed E-state index contributed by atoms with van der Waals surface area (Å²) in [5.41, 5.74) is 2.11. The van der Waals surface area contributed by atoms with Gasteiger partial charge in [-0.15, -0.1) is 0 Å². The molecular formula is C17H16F2N2O. The summed E-state index contributed by atoms with van der Waals surface area (Å²) in [5, 5.41) is 2.43. The van der Waals surface area contributed by atoms with Crippen molar-refractivity contribution < 1.29 is 13.6 Å². The van der Waals surface area contributed by atoms with Crippen molar-refractivity contribution in [2.45, 2.75) is 12.8 Å². The Labute approximate surface area is 127 Å². The van der Waals surface area contributed by atoms with Crippen molar-refractivity contribution >= 4 is 17.3 Å². The molecule has 0 atom stereocenters. The SMILES string of the molecule is O=C(CN1CCCc2ccccc21)Nc1cc(F)ccc1F. The number of amides is 1. The van der Waals surface area contributed by atoms with Crippen molar-refractivity contribution in [1.29, 1.82) is 0 Å². The molecule has 3 rings (SSSR count). The maximum absolute atomic E-state index is 13.6. The van der Waals surface area contributed by atoms with Crippen LogP contribution in [0.3, 0.4) is 0 Å². The number of hydrogen-bond donors (Lipinski definition) is 1. The monoisotopic (exact) mass is 302 g/mol. The second-order valence-corrected chi connectivity index (χ2v) is 5.33. The van der Waals surface area contributed by atoms with Crippen LogP contribution in [0.2, 0.25) is 0 Å². The van der Waals surface area contributed by atoms with Gasteiger partial charge in [-0.1, -0.05) is 18.2 Å². The molecule has 0 saturated carbocycles. The largest absolute Gasteiger partial charge is 0.362 e. The van der Waals surface area contributed by atoms with Crippen LogP contribution in [0.1, 0.15) is 12.0 Å². The molecule has 1 aliphatic rings. The number of para-hydroxylation sites is 1. The normalized spacial score (nSPS) is 13.6. The van der Waals surface area contributed by atoms with Crippen molar-refractivity contribution in [3.8, 4) is 0 Å². The standard InChI is InChI=1S/C17H16F2N2O/c18-13-7-8-14(19)15(10-13)20-17(22)11-21-9-3-5-12-4-1-2-6-16(12)21/h1-2,4,6-8,10H,3,5,9,11H2,(H,20,22). The maximum Gasteiger partial charge on any atom is 0.243 e. The Morgan fingerprint density at radius 2 is 2.00 bits per heavy atom. The summed E-state index contributed by atoms with van der Waals surface area (Å²) in [6.45, 7) is 0.892. The van der Waals surface area contributed by atoms with Gasteiger partial charge in [0, 0.05) is 18.3 Å². The van der Waals surface area contributed by atoms with E-state index >= 15 is 0 Å². The highest BCUT2D eigenvalue weighted by Crippen LogP contribution is 2.26. The maximum atomic E-state index is 13.6. The van der Waals surface area contributed by atoms with Gasteiger partial charge in [-0.05, 0) is 36.6 Å². The lowest BCUT2D eigenvalue weighted by molar-refractivity contribution is -0.115. The number of hydrogen-bond acceptors (Lipinski definition) is 2. The molecule has 114 valence electrons. The Morgan fingerprint density at radius 3 is 2.86 bits per heavy atom. The number of benzene rings is 2. The Kier molecular flexibility index (Phi) is 4.04. The fraction of sp³-hybridized carbons (Fsp3) is 0.235. The molecular weight excluding hydrogens is 286 g/mol. The first-order chi connectivity index (χ1) is 10.6. The van der Waals surface area contributed by atoms with E-state index < -0.39 is 11.6 Å². The van der Waals surface area contributed by atoms with E-state index in [1.54, 1.807) is 0 Å². The number of carbonyl (C=O) groups is 1. The molecule has 0 aliphatic carbocycles. The van der Waals surface area contributed by atoms with E-state index in [4.69, 9.17) is 0 Å². The molecule has 0 spiro atoms. The molecule has 2 aromatic rings. The molecule has 0 fully saturated rings. The summed E-state index contributed by atoms with van der Waals surface area (Å²) < 4.78 is 26.7. The van der Waals surface area contributed by atoms with Crippen molar-refractivity contribution in [3.05, 3.63) is 59.7 Å². The van der Waals surface area contributed by atoms with Gasteiger partial charge in [0.1, 0.15) is 11.6 Å². The zero-order valence-electron chi connectivity index (χ0n) is 12.0. The topological polar surface area (TPSA) is 32.3 Å². The van der Waals surface area contributed by atoms with Crippen molar-refractivity contribution in [3.63, 3.8) is 0 Å². The number of nitrogens with zero attached hydrogens (tertiary/aromatic N) is 1. The van der Waals surface area contributed by atoms with Crippen LogP contribution in [0, 0.1) is 11.6 Å². The van der Waals surface area contributed by atoms with Gasteiger partial charge in [0.15, 0.2) is 0 Å². The van der Waals surface area contributed by atoms with Gasteiger partial charge in [-0.25, -0.2) is 8.78 Å². The van der Waals surface area contributed by atoms with E-state index in [0.717, 1.165) is 43.3 Å². The second-order valence-electron chi connectivity index (χ2n) is 5.33. The molecule has 1 aliphatic heterocycles. The number of fused-ring (bicyclic) bond motifs is 1. The third kappa shape index (κ3) is 3.08. The van der Waals surface area contributed by atoms with Gasteiger partial charge in [-0.2, -0.15) is 0 Å². The minimum atomic E-state index is -0.645. The van der Waals surface area contributed by atoms with Crippen LogP contribution in [-0.2, 0) is 11.2 Å². The zero-order chi connectivity index (χ0) is 15.5. The minimum absolute atomic E-state index is 0.118. The smallest absolute Gasteiger partial charge is 0.243 e. The van der Waals surface area contributed by atoms with E-state index in [0.29, 0.717) is 0 Å². The van der Waals surface area contributed by atoms with Crippen molar-refractivity contribution in [1.82, 2.24) is 0 Å². The molecule has 1 N–H and O–H groups in total. The number of nitrogens with one attached hydrogen (secondary N) is 1. The van der Waals surface area contributed by atoms with Crippen LogP contribution in [0.25, 0.3) is 0 Å². The Hall–Kier alpha value is -2.43. The lowest BCUT2D eigenvalue weighted by atomic mass is 10.0. The predicted octanol–water partition coefficient (Wildman–Crippen LogP) is 3.36. The molecule has 0 bridgehead atoms. The summed E-state index contributed by atoms with van der Waals surface area (Å²) >= 11 is 0. The summed E-state index contributed by atoms with van der Waals surface area (Å²) in [6, 6.07) is 10.9. The number of aryl methyl sites for hydroxylation is 1. The fourth-order valence-electron chi connectivity index (χ4n) is 2.73. The number of rotatable bonds is 3. The van der Waals surface area contributed by atoms with Crippen LogP contribution in [0.15, 0.2) is 42.5 Å². The highest BCUT2D eigenvalue weighted by Gasteiger charge is 2.19. The van der Waals surface area contributed by atoms with Crippen LogP contribution < -0.4 is 10.2 Å². The second kappa shape index (κ2) is 6.13. The average Bonchev–Trinajstić information content (AvgIpc) is 2.51. The van der Waals surface area contributed by atoms with Gasteiger partial charge in [0.2, 0.25) is 5.91 Å². The highest BCUT2D eigenvalue weighted by atomic mass is 19.1. The Morgan fingerprint density at radius 1 is 1.18 bits per heavy atom. The quantitative estimate of drug-likeness (QED) is 0.943. The van der Waals surface area contributed by atoms with Crippen LogP contribution in [-0.4, -0.2) is 19.0 Å². The van der Waals surface area contributed by atoms with Gasteiger partial charge >= 0.3 is 0 Å². The molecule has 0 aromatic heterocycles. The van der Waals surface area contributed by atoms with E-state index in [9.17, 15) is 13.6 Å². The zero-order valence-corrected chi connectivity index (χ0v) is 12.0. The number of anilines is 2. The summed E-state index contributed by atoms with van der Waals surface area (Å²) in [7, 11) is 0. The molecule has 0 saturated heterocycles. The predicted molar refractivity (Wildman–Crippen MR) is 82.0 cm³/mol. The van der Waals surface area contributed by atoms with E-state index in [2.05, 4.69) is 5.32 Å². The number of halogens is 2. The first-order valence-corrected chi connectivity index (χ1v) is 7.21. The van der Waals surface area contributed by atoms with Crippen molar-refractivity contribution in [2.24, 2.45) is 0 Å². The van der Waals surface area contributed by atoms with Crippen LogP contribution in [0.4, 0.5) is 20.2 Å². The first kappa shape index (κ1) is 14.5. The van der Waals surface area contributed by atoms with E-state index in [-0.39, 0.29) is 18.1 Å². The first-order valence-electron chi connectivity index (χ1n) is 7.21. The third-order valence-electron chi connectivity index (χ3n) is 3.74. The van der Waals surface area contributed by atoms with Crippen LogP contribution >= 0.6 is 0 Å². The summed E-state index contributed by atoms with van der Waals surface area (Å²) in [5.74, 6) is -1.59. The van der Waals surface area contributed by atoms with Gasteiger partial charge < -0.3 is 10.2 Å². The van der Waals surface area contributed by atoms with Gasteiger partial charge in [-0.3, -0.25) is 4.79 Å². The molecule has 1 heterocycles. The average molecular weight is 302 g/mol. The molecule has 1 amide bonds. The Bertz CT molecular complexity index is 703. The minimum Gasteiger partial charge on any atom is -0.362 e. The van der Waals surface area contributed by atoms with E-state index in [1.165, 1.54) is 5.56 Å². The fourth-order valence-corrected chi connectivity index (χ4v) is 2.73. The molecule has 5 heteroatoms. The lowest BCUT2D eigenvalue weighted by Crippen LogP contribution is -2.36. The van der Waals surface area contributed by atoms with E-state index in [1.807, 2.05) is 29.2 Å². The van der Waals surface area contributed by atoms with Crippen LogP contribution in [0.5, 0.6) is 0 Å². The molecule has 0 radical (unpaired) electrons. The summed E-state index contributed by atoms with van der Waals surface area (Å²) in [4.78, 5) is 14.1. The number of carbonyl (C=O) groups excluding carboxylic acids is 1.